The van der Waals surface area contributed by atoms with Gasteiger partial charge in [-0.25, -0.2) is 12.8 Å². The number of aromatic amines is 1. The van der Waals surface area contributed by atoms with Crippen LogP contribution in [0.1, 0.15) is 18.5 Å². The van der Waals surface area contributed by atoms with Crippen molar-refractivity contribution in [3.63, 3.8) is 0 Å². The minimum Gasteiger partial charge on any atom is -0.287 e. The summed E-state index contributed by atoms with van der Waals surface area (Å²) in [5.41, 5.74) is -3.82. The summed E-state index contributed by atoms with van der Waals surface area (Å²) in [5, 5.41) is 4.54. The van der Waals surface area contributed by atoms with Crippen LogP contribution in [0.3, 0.4) is 0 Å². The standard InChI is InChI=1S/C15H11ClF4N2O3S/c16-9-4-10(17)8(3-12(9)26(24,25)6-7-1-2-7)14-11(23)5-13(21-22-14)15(18,19)20/h3-5,7H,1-2,6H2,(H,21,23). The molecule has 1 aromatic carbocycles. The molecule has 1 saturated carbocycles. The number of aromatic nitrogens is 2. The second kappa shape index (κ2) is 6.34. The Morgan fingerprint density at radius 1 is 1.23 bits per heavy atom. The molecule has 1 aromatic heterocycles. The molecule has 0 unspecified atom stereocenters. The van der Waals surface area contributed by atoms with Crippen LogP contribution in [0, 0.1) is 11.7 Å². The largest absolute Gasteiger partial charge is 0.432 e. The fourth-order valence-corrected chi connectivity index (χ4v) is 4.66. The first-order valence-electron chi connectivity index (χ1n) is 7.38. The maximum Gasteiger partial charge on any atom is 0.432 e. The molecule has 1 aliphatic rings. The predicted octanol–water partition coefficient (Wildman–Crippen LogP) is 3.43. The molecule has 1 heterocycles. The summed E-state index contributed by atoms with van der Waals surface area (Å²) >= 11 is 5.83. The van der Waals surface area contributed by atoms with E-state index in [0.29, 0.717) is 6.07 Å². The molecule has 0 spiro atoms. The summed E-state index contributed by atoms with van der Waals surface area (Å²) in [6.07, 6.45) is -3.32. The van der Waals surface area contributed by atoms with Crippen LogP contribution in [0.5, 0.6) is 0 Å². The van der Waals surface area contributed by atoms with Gasteiger partial charge in [-0.15, -0.1) is 0 Å². The fraction of sp³-hybridized carbons (Fsp3) is 0.333. The summed E-state index contributed by atoms with van der Waals surface area (Å²) in [7, 11) is -3.84. The van der Waals surface area contributed by atoms with Gasteiger partial charge < -0.3 is 0 Å². The van der Waals surface area contributed by atoms with E-state index < -0.39 is 44.2 Å². The molecular weight excluding hydrogens is 400 g/mol. The van der Waals surface area contributed by atoms with Crippen LogP contribution < -0.4 is 5.43 Å². The summed E-state index contributed by atoms with van der Waals surface area (Å²) in [4.78, 5) is 11.6. The van der Waals surface area contributed by atoms with E-state index in [1.165, 1.54) is 0 Å². The van der Waals surface area contributed by atoms with E-state index in [1.807, 2.05) is 0 Å². The zero-order chi connectivity index (χ0) is 19.3. The highest BCUT2D eigenvalue weighted by atomic mass is 35.5. The Bertz CT molecular complexity index is 1030. The lowest BCUT2D eigenvalue weighted by atomic mass is 10.1. The highest BCUT2D eigenvalue weighted by Crippen LogP contribution is 2.36. The van der Waals surface area contributed by atoms with Gasteiger partial charge in [0.1, 0.15) is 17.2 Å². The van der Waals surface area contributed by atoms with Gasteiger partial charge in [-0.3, -0.25) is 9.89 Å². The van der Waals surface area contributed by atoms with Gasteiger partial charge in [0.15, 0.2) is 9.84 Å². The molecule has 0 atom stereocenters. The number of nitrogens with zero attached hydrogens (tertiary/aromatic N) is 1. The molecule has 0 radical (unpaired) electrons. The number of rotatable bonds is 4. The lowest BCUT2D eigenvalue weighted by Gasteiger charge is -2.10. The molecule has 140 valence electrons. The highest BCUT2D eigenvalue weighted by Gasteiger charge is 2.34. The normalized spacial score (nSPS) is 15.3. The number of H-pyrrole nitrogens is 1. The van der Waals surface area contributed by atoms with Crippen LogP contribution in [0.2, 0.25) is 5.02 Å². The minimum absolute atomic E-state index is 0.00262. The molecule has 1 aliphatic carbocycles. The average Bonchev–Trinajstić information content (AvgIpc) is 3.30. The quantitative estimate of drug-likeness (QED) is 0.618. The second-order valence-corrected chi connectivity index (χ2v) is 8.39. The number of nitrogens with one attached hydrogen (secondary N) is 1. The van der Waals surface area contributed by atoms with Crippen LogP contribution in [-0.4, -0.2) is 24.4 Å². The van der Waals surface area contributed by atoms with Crippen molar-refractivity contribution in [3.8, 4) is 11.3 Å². The molecule has 5 nitrogen and oxygen atoms in total. The molecule has 0 aliphatic heterocycles. The smallest absolute Gasteiger partial charge is 0.287 e. The van der Waals surface area contributed by atoms with Gasteiger partial charge in [0.25, 0.3) is 0 Å². The highest BCUT2D eigenvalue weighted by molar-refractivity contribution is 7.91. The third kappa shape index (κ3) is 3.75. The molecule has 0 saturated heterocycles. The van der Waals surface area contributed by atoms with E-state index in [2.05, 4.69) is 5.10 Å². The lowest BCUT2D eigenvalue weighted by molar-refractivity contribution is -0.141. The predicted molar refractivity (Wildman–Crippen MR) is 85.0 cm³/mol. The Hall–Kier alpha value is -1.94. The molecule has 1 fully saturated rings. The Labute approximate surface area is 149 Å². The first-order valence-corrected chi connectivity index (χ1v) is 9.41. The number of benzene rings is 1. The molecule has 26 heavy (non-hydrogen) atoms. The zero-order valence-electron chi connectivity index (χ0n) is 12.9. The Morgan fingerprint density at radius 3 is 2.42 bits per heavy atom. The van der Waals surface area contributed by atoms with Gasteiger partial charge in [-0.1, -0.05) is 11.6 Å². The van der Waals surface area contributed by atoms with Crippen LogP contribution >= 0.6 is 11.6 Å². The number of halogens is 5. The van der Waals surface area contributed by atoms with Crippen LogP contribution in [0.25, 0.3) is 11.3 Å². The molecular formula is C15H11ClF4N2O3S. The van der Waals surface area contributed by atoms with Crippen molar-refractivity contribution in [2.24, 2.45) is 5.92 Å². The van der Waals surface area contributed by atoms with Crippen molar-refractivity contribution < 1.29 is 26.0 Å². The summed E-state index contributed by atoms with van der Waals surface area (Å²) < 4.78 is 76.8. The monoisotopic (exact) mass is 410 g/mol. The second-order valence-electron chi connectivity index (χ2n) is 5.98. The van der Waals surface area contributed by atoms with E-state index >= 15 is 0 Å². The average molecular weight is 411 g/mol. The maximum atomic E-state index is 14.2. The van der Waals surface area contributed by atoms with Crippen molar-refractivity contribution in [2.45, 2.75) is 23.9 Å². The van der Waals surface area contributed by atoms with E-state index in [9.17, 15) is 30.8 Å². The Balaban J connectivity index is 2.11. The number of sulfone groups is 1. The SMILES string of the molecule is O=c1cc(C(F)(F)F)[nH]nc1-c1cc(S(=O)(=O)CC2CC2)c(Cl)cc1F. The van der Waals surface area contributed by atoms with E-state index in [-0.39, 0.29) is 27.7 Å². The fourth-order valence-electron chi connectivity index (χ4n) is 2.37. The van der Waals surface area contributed by atoms with Crippen LogP contribution in [0.15, 0.2) is 27.9 Å². The van der Waals surface area contributed by atoms with Crippen molar-refractivity contribution in [1.29, 1.82) is 0 Å². The third-order valence-corrected chi connectivity index (χ3v) is 6.21. The first-order chi connectivity index (χ1) is 12.0. The van der Waals surface area contributed by atoms with Gasteiger partial charge in [-0.2, -0.15) is 18.3 Å². The Kier molecular flexibility index (Phi) is 4.60. The topological polar surface area (TPSA) is 79.9 Å². The van der Waals surface area contributed by atoms with Crippen molar-refractivity contribution >= 4 is 21.4 Å². The number of hydrogen-bond donors (Lipinski definition) is 1. The van der Waals surface area contributed by atoms with Gasteiger partial charge in [0.2, 0.25) is 5.43 Å². The number of alkyl halides is 3. The van der Waals surface area contributed by atoms with Crippen molar-refractivity contribution in [1.82, 2.24) is 10.2 Å². The lowest BCUT2D eigenvalue weighted by Crippen LogP contribution is -2.17. The van der Waals surface area contributed by atoms with Crippen LogP contribution in [-0.2, 0) is 16.0 Å². The first kappa shape index (κ1) is 18.8. The van der Waals surface area contributed by atoms with Gasteiger partial charge in [-0.05, 0) is 30.9 Å². The molecule has 1 N–H and O–H groups in total. The maximum absolute atomic E-state index is 14.2. The van der Waals surface area contributed by atoms with Crippen molar-refractivity contribution in [3.05, 3.63) is 45.0 Å². The molecule has 3 rings (SSSR count). The molecule has 0 amide bonds. The minimum atomic E-state index is -4.83. The number of hydrogen-bond acceptors (Lipinski definition) is 4. The Morgan fingerprint density at radius 2 is 1.88 bits per heavy atom. The molecule has 0 bridgehead atoms. The zero-order valence-corrected chi connectivity index (χ0v) is 14.5. The molecule has 2 aromatic rings. The molecule has 11 heteroatoms. The van der Waals surface area contributed by atoms with E-state index in [4.69, 9.17) is 11.6 Å². The van der Waals surface area contributed by atoms with Gasteiger partial charge in [0.05, 0.1) is 15.7 Å². The summed E-state index contributed by atoms with van der Waals surface area (Å²) in [5.74, 6) is -1.25. The summed E-state index contributed by atoms with van der Waals surface area (Å²) in [6, 6.07) is 1.77. The third-order valence-electron chi connectivity index (χ3n) is 3.87. The van der Waals surface area contributed by atoms with Crippen molar-refractivity contribution in [2.75, 3.05) is 5.75 Å². The van der Waals surface area contributed by atoms with E-state index in [0.717, 1.165) is 18.9 Å². The van der Waals surface area contributed by atoms with E-state index in [1.54, 1.807) is 5.10 Å². The van der Waals surface area contributed by atoms with Gasteiger partial charge in [0, 0.05) is 11.6 Å². The van der Waals surface area contributed by atoms with Crippen LogP contribution in [0.4, 0.5) is 17.6 Å². The summed E-state index contributed by atoms with van der Waals surface area (Å²) in [6.45, 7) is 0. The van der Waals surface area contributed by atoms with Gasteiger partial charge >= 0.3 is 6.18 Å².